The van der Waals surface area contributed by atoms with Gasteiger partial charge in [0.05, 0.1) is 25.7 Å². The molecule has 2 fully saturated rings. The lowest BCUT2D eigenvalue weighted by Gasteiger charge is -2.54. The number of alkyl halides is 8. The molecule has 3 aliphatic rings. The highest BCUT2D eigenvalue weighted by atomic mass is 19.4. The summed E-state index contributed by atoms with van der Waals surface area (Å²) >= 11 is 0. The Labute approximate surface area is 316 Å². The van der Waals surface area contributed by atoms with Crippen molar-refractivity contribution in [3.05, 3.63) is 101 Å². The van der Waals surface area contributed by atoms with E-state index in [0.29, 0.717) is 25.4 Å². The number of esters is 1. The molecule has 0 aromatic heterocycles. The first-order valence-corrected chi connectivity index (χ1v) is 19.1. The maximum atomic E-state index is 15.2. The van der Waals surface area contributed by atoms with Gasteiger partial charge < -0.3 is 14.2 Å². The van der Waals surface area contributed by atoms with Gasteiger partial charge in [0.2, 0.25) is 0 Å². The third-order valence-corrected chi connectivity index (χ3v) is 12.4. The minimum absolute atomic E-state index is 0.000661. The van der Waals surface area contributed by atoms with Gasteiger partial charge in [-0.1, -0.05) is 73.7 Å². The van der Waals surface area contributed by atoms with E-state index >= 15 is 8.78 Å². The van der Waals surface area contributed by atoms with E-state index in [9.17, 15) is 31.1 Å². The number of hydrogen-bond acceptors (Lipinski definition) is 4. The molecule has 55 heavy (non-hydrogen) atoms. The summed E-state index contributed by atoms with van der Waals surface area (Å²) < 4.78 is 135. The molecule has 3 aromatic carbocycles. The zero-order valence-corrected chi connectivity index (χ0v) is 31.0. The minimum Gasteiger partial charge on any atom is -0.489 e. The Hall–Kier alpha value is -3.67. The van der Waals surface area contributed by atoms with Crippen molar-refractivity contribution >= 4 is 5.97 Å². The third kappa shape index (κ3) is 8.26. The monoisotopic (exact) mass is 780 g/mol. The molecular formula is C43H48F8O4. The molecule has 6 atom stereocenters. The molecule has 0 amide bonds. The first-order valence-electron chi connectivity index (χ1n) is 19.1. The average Bonchev–Trinajstić information content (AvgIpc) is 3.48. The van der Waals surface area contributed by atoms with E-state index in [0.717, 1.165) is 54.9 Å². The van der Waals surface area contributed by atoms with E-state index in [-0.39, 0.29) is 41.6 Å². The summed E-state index contributed by atoms with van der Waals surface area (Å²) in [7, 11) is 0. The minimum atomic E-state index is -6.41. The van der Waals surface area contributed by atoms with E-state index in [1.54, 1.807) is 0 Å². The number of carbonyl (C=O) groups is 1. The SMILES string of the molecule is CC(=O)OCCC(F)(F)C(F)(F)C(F)(F)C(F)(F)CCC[C@H]1C[C@]2(C)[C@@H](OCc3ccccc3)CC[C@H]2[C@@H]2CCc3cc(OCc4ccccc4)ccc3[C@@H]12. The average molecular weight is 781 g/mol. The predicted octanol–water partition coefficient (Wildman–Crippen LogP) is 11.6. The van der Waals surface area contributed by atoms with Crippen LogP contribution in [0.2, 0.25) is 0 Å². The van der Waals surface area contributed by atoms with E-state index in [1.807, 2.05) is 78.9 Å². The van der Waals surface area contributed by atoms with E-state index in [1.165, 1.54) is 0 Å². The lowest BCUT2D eigenvalue weighted by Crippen LogP contribution is -2.62. The Morgan fingerprint density at radius 3 is 2.04 bits per heavy atom. The lowest BCUT2D eigenvalue weighted by atomic mass is 9.51. The predicted molar refractivity (Wildman–Crippen MR) is 191 cm³/mol. The van der Waals surface area contributed by atoms with Crippen LogP contribution in [0.25, 0.3) is 0 Å². The van der Waals surface area contributed by atoms with Crippen molar-refractivity contribution < 1.29 is 54.1 Å². The van der Waals surface area contributed by atoms with Crippen molar-refractivity contribution in [3.8, 4) is 5.75 Å². The molecule has 2 saturated carbocycles. The molecular weight excluding hydrogens is 732 g/mol. The Morgan fingerprint density at radius 2 is 1.40 bits per heavy atom. The van der Waals surface area contributed by atoms with Gasteiger partial charge in [-0.3, -0.25) is 4.79 Å². The van der Waals surface area contributed by atoms with Crippen LogP contribution in [-0.4, -0.2) is 42.4 Å². The lowest BCUT2D eigenvalue weighted by molar-refractivity contribution is -0.368. The van der Waals surface area contributed by atoms with Crippen molar-refractivity contribution in [2.24, 2.45) is 23.2 Å². The standard InChI is InChI=1S/C43H48F8O4/c1-28(52)53-23-22-41(46,47)43(50,51)42(48,49)40(44,45)21-9-14-32-25-39(2)36(19-20-37(39)55-27-30-12-7-4-8-13-30)35-17-15-31-24-33(16-18-34(31)38(32)35)54-26-29-10-5-3-6-11-29/h3-8,10-13,16,18,24,32,35-38H,9,14-15,17,19-23,25-27H2,1-2H3/t32-,35-,36-,37-,38+,39-/m0/s1. The topological polar surface area (TPSA) is 44.8 Å². The molecule has 3 aromatic rings. The first-order chi connectivity index (χ1) is 26.0. The number of ether oxygens (including phenoxy) is 3. The molecule has 300 valence electrons. The smallest absolute Gasteiger partial charge is 0.378 e. The fraction of sp³-hybridized carbons (Fsp3) is 0.558. The van der Waals surface area contributed by atoms with Crippen LogP contribution < -0.4 is 4.74 Å². The normalized spacial score (nSPS) is 25.5. The van der Waals surface area contributed by atoms with Crippen LogP contribution in [0.5, 0.6) is 5.75 Å². The van der Waals surface area contributed by atoms with Crippen LogP contribution in [0.3, 0.4) is 0 Å². The molecule has 0 aliphatic heterocycles. The van der Waals surface area contributed by atoms with E-state index < -0.39 is 55.5 Å². The molecule has 0 bridgehead atoms. The highest BCUT2D eigenvalue weighted by Crippen LogP contribution is 2.64. The van der Waals surface area contributed by atoms with Gasteiger partial charge in [0, 0.05) is 13.3 Å². The molecule has 0 spiro atoms. The van der Waals surface area contributed by atoms with Crippen molar-refractivity contribution in [1.82, 2.24) is 0 Å². The van der Waals surface area contributed by atoms with Crippen LogP contribution in [0, 0.1) is 23.2 Å². The quantitative estimate of drug-likeness (QED) is 0.107. The second-order valence-corrected chi connectivity index (χ2v) is 15.8. The van der Waals surface area contributed by atoms with Gasteiger partial charge >= 0.3 is 29.7 Å². The second kappa shape index (κ2) is 16.1. The van der Waals surface area contributed by atoms with Crippen LogP contribution in [-0.2, 0) is 33.9 Å². The summed E-state index contributed by atoms with van der Waals surface area (Å²) in [6, 6.07) is 25.3. The van der Waals surface area contributed by atoms with Crippen molar-refractivity contribution in [3.63, 3.8) is 0 Å². The van der Waals surface area contributed by atoms with Crippen LogP contribution >= 0.6 is 0 Å². The fourth-order valence-corrected chi connectivity index (χ4v) is 9.66. The molecule has 0 radical (unpaired) electrons. The summed E-state index contributed by atoms with van der Waals surface area (Å²) in [5, 5.41) is 0. The van der Waals surface area contributed by atoms with Gasteiger partial charge in [-0.15, -0.1) is 0 Å². The Balaban J connectivity index is 1.22. The van der Waals surface area contributed by atoms with Crippen molar-refractivity contribution in [2.45, 2.75) is 121 Å². The number of rotatable bonds is 16. The largest absolute Gasteiger partial charge is 0.489 e. The van der Waals surface area contributed by atoms with Gasteiger partial charge in [-0.25, -0.2) is 0 Å². The number of carbonyl (C=O) groups excluding carboxylic acids is 1. The summed E-state index contributed by atoms with van der Waals surface area (Å²) in [5.41, 5.74) is 3.75. The second-order valence-electron chi connectivity index (χ2n) is 15.8. The molecule has 4 nitrogen and oxygen atoms in total. The Kier molecular flexibility index (Phi) is 12.0. The number of fused-ring (bicyclic) bond motifs is 5. The summed E-state index contributed by atoms with van der Waals surface area (Å²) in [6.45, 7) is 2.39. The Bertz CT molecular complexity index is 1750. The zero-order valence-electron chi connectivity index (χ0n) is 31.0. The van der Waals surface area contributed by atoms with Crippen LogP contribution in [0.4, 0.5) is 35.1 Å². The third-order valence-electron chi connectivity index (χ3n) is 12.4. The van der Waals surface area contributed by atoms with Crippen molar-refractivity contribution in [1.29, 1.82) is 0 Å². The number of hydrogen-bond donors (Lipinski definition) is 0. The maximum absolute atomic E-state index is 15.2. The van der Waals surface area contributed by atoms with E-state index in [2.05, 4.69) is 11.7 Å². The summed E-state index contributed by atoms with van der Waals surface area (Å²) in [5.74, 6) is -24.2. The first kappa shape index (κ1) is 41.0. The molecule has 0 N–H and O–H groups in total. The molecule has 6 rings (SSSR count). The zero-order chi connectivity index (χ0) is 39.6. The fourth-order valence-electron chi connectivity index (χ4n) is 9.66. The molecule has 0 heterocycles. The summed E-state index contributed by atoms with van der Waals surface area (Å²) in [6.07, 6.45) is -0.666. The highest BCUT2D eigenvalue weighted by Gasteiger charge is 2.79. The van der Waals surface area contributed by atoms with Gasteiger partial charge in [0.15, 0.2) is 0 Å². The van der Waals surface area contributed by atoms with Gasteiger partial charge in [-0.05, 0) is 108 Å². The van der Waals surface area contributed by atoms with Crippen molar-refractivity contribution in [2.75, 3.05) is 6.61 Å². The van der Waals surface area contributed by atoms with Gasteiger partial charge in [0.1, 0.15) is 12.4 Å². The summed E-state index contributed by atoms with van der Waals surface area (Å²) in [4.78, 5) is 10.9. The number of halogens is 8. The maximum Gasteiger partial charge on any atom is 0.378 e. The van der Waals surface area contributed by atoms with E-state index in [4.69, 9.17) is 9.47 Å². The molecule has 3 aliphatic carbocycles. The van der Waals surface area contributed by atoms with Gasteiger partial charge in [0.25, 0.3) is 0 Å². The van der Waals surface area contributed by atoms with Crippen LogP contribution in [0.15, 0.2) is 78.9 Å². The molecule has 0 unspecified atom stereocenters. The van der Waals surface area contributed by atoms with Crippen LogP contribution in [0.1, 0.15) is 93.4 Å². The van der Waals surface area contributed by atoms with Gasteiger partial charge in [-0.2, -0.15) is 35.1 Å². The highest BCUT2D eigenvalue weighted by molar-refractivity contribution is 5.65. The number of aryl methyl sites for hydroxylation is 1. The Morgan fingerprint density at radius 1 is 0.782 bits per heavy atom. The number of benzene rings is 3. The molecule has 12 heteroatoms. The molecule has 0 saturated heterocycles.